The molecule has 0 amide bonds. The molecule has 2 fully saturated rings. The summed E-state index contributed by atoms with van der Waals surface area (Å²) in [4.78, 5) is 2.81. The van der Waals surface area contributed by atoms with Crippen LogP contribution >= 0.6 is 0 Å². The number of fused-ring (bicyclic) bond motifs is 2. The normalized spacial score (nSPS) is 38.6. The maximum Gasteiger partial charge on any atom is 0.0155 e. The topological polar surface area (TPSA) is 3.24 Å². The van der Waals surface area contributed by atoms with Gasteiger partial charge in [-0.15, -0.1) is 0 Å². The van der Waals surface area contributed by atoms with Crippen LogP contribution in [0.5, 0.6) is 0 Å². The average Bonchev–Trinajstić information content (AvgIpc) is 2.58. The molecule has 0 aromatic rings. The van der Waals surface area contributed by atoms with Gasteiger partial charge in [-0.2, -0.15) is 0 Å². The van der Waals surface area contributed by atoms with Gasteiger partial charge >= 0.3 is 0 Å². The van der Waals surface area contributed by atoms with Gasteiger partial charge in [0.25, 0.3) is 0 Å². The van der Waals surface area contributed by atoms with E-state index in [4.69, 9.17) is 0 Å². The molecule has 1 heteroatoms. The third kappa shape index (κ3) is 1.50. The van der Waals surface area contributed by atoms with E-state index in [0.717, 1.165) is 23.9 Å². The molecule has 2 bridgehead atoms. The van der Waals surface area contributed by atoms with Crippen LogP contribution in [-0.4, -0.2) is 22.5 Å². The molecule has 0 spiro atoms. The van der Waals surface area contributed by atoms with Crippen LogP contribution in [0.15, 0.2) is 0 Å². The molecule has 2 rings (SSSR count). The molecular formula is C13H25N. The standard InChI is InChI=1S/C13H25N/c1-9(2)12-10-6-7-11(8-10)14(12)13(3,4)5/h9-12H,6-8H2,1-5H3/t10-,11+,12?/m0/s1. The minimum absolute atomic E-state index is 0.370. The number of hydrogen-bond acceptors (Lipinski definition) is 1. The van der Waals surface area contributed by atoms with Crippen LogP contribution in [-0.2, 0) is 0 Å². The summed E-state index contributed by atoms with van der Waals surface area (Å²) in [7, 11) is 0. The van der Waals surface area contributed by atoms with E-state index in [2.05, 4.69) is 39.5 Å². The molecule has 1 saturated heterocycles. The highest BCUT2D eigenvalue weighted by Gasteiger charge is 2.50. The highest BCUT2D eigenvalue weighted by molar-refractivity contribution is 5.04. The lowest BCUT2D eigenvalue weighted by molar-refractivity contribution is 0.0209. The van der Waals surface area contributed by atoms with Crippen molar-refractivity contribution >= 4 is 0 Å². The van der Waals surface area contributed by atoms with E-state index in [9.17, 15) is 0 Å². The van der Waals surface area contributed by atoms with Crippen molar-refractivity contribution < 1.29 is 0 Å². The first-order valence-electron chi connectivity index (χ1n) is 6.19. The van der Waals surface area contributed by atoms with E-state index in [-0.39, 0.29) is 0 Å². The third-order valence-corrected chi connectivity index (χ3v) is 4.10. The van der Waals surface area contributed by atoms with Crippen molar-refractivity contribution in [1.29, 1.82) is 0 Å². The van der Waals surface area contributed by atoms with Gasteiger partial charge in [0.05, 0.1) is 0 Å². The van der Waals surface area contributed by atoms with Crippen LogP contribution in [0.2, 0.25) is 0 Å². The van der Waals surface area contributed by atoms with E-state index in [1.54, 1.807) is 0 Å². The van der Waals surface area contributed by atoms with Crippen molar-refractivity contribution in [2.45, 2.75) is 71.5 Å². The third-order valence-electron chi connectivity index (χ3n) is 4.10. The van der Waals surface area contributed by atoms with Crippen LogP contribution in [0.1, 0.15) is 53.9 Å². The second-order valence-electron chi connectivity index (χ2n) is 6.54. The lowest BCUT2D eigenvalue weighted by atomic mass is 9.87. The molecule has 1 aliphatic heterocycles. The zero-order valence-corrected chi connectivity index (χ0v) is 10.4. The second-order valence-corrected chi connectivity index (χ2v) is 6.54. The summed E-state index contributed by atoms with van der Waals surface area (Å²) in [5, 5.41) is 0. The van der Waals surface area contributed by atoms with Gasteiger partial charge in [-0.05, 0) is 51.9 Å². The fraction of sp³-hybridized carbons (Fsp3) is 1.00. The van der Waals surface area contributed by atoms with Gasteiger partial charge in [0, 0.05) is 17.6 Å². The van der Waals surface area contributed by atoms with E-state index < -0.39 is 0 Å². The summed E-state index contributed by atoms with van der Waals surface area (Å²) in [6.07, 6.45) is 4.41. The Morgan fingerprint density at radius 3 is 2.21 bits per heavy atom. The van der Waals surface area contributed by atoms with E-state index in [1.165, 1.54) is 19.3 Å². The van der Waals surface area contributed by atoms with Crippen molar-refractivity contribution in [2.24, 2.45) is 11.8 Å². The molecule has 0 aromatic heterocycles. The largest absolute Gasteiger partial charge is 0.292 e. The van der Waals surface area contributed by atoms with Crippen molar-refractivity contribution in [3.63, 3.8) is 0 Å². The maximum absolute atomic E-state index is 2.81. The smallest absolute Gasteiger partial charge is 0.0155 e. The second kappa shape index (κ2) is 3.23. The van der Waals surface area contributed by atoms with Crippen molar-refractivity contribution in [3.05, 3.63) is 0 Å². The Kier molecular flexibility index (Phi) is 2.42. The van der Waals surface area contributed by atoms with Crippen LogP contribution in [0.4, 0.5) is 0 Å². The van der Waals surface area contributed by atoms with Gasteiger partial charge in [0.15, 0.2) is 0 Å². The summed E-state index contributed by atoms with van der Waals surface area (Å²) in [5.41, 5.74) is 0.370. The molecule has 3 atom stereocenters. The monoisotopic (exact) mass is 195 g/mol. The van der Waals surface area contributed by atoms with Gasteiger partial charge in [0.1, 0.15) is 0 Å². The summed E-state index contributed by atoms with van der Waals surface area (Å²) >= 11 is 0. The summed E-state index contributed by atoms with van der Waals surface area (Å²) in [6, 6.07) is 1.75. The number of piperidine rings is 1. The molecular weight excluding hydrogens is 170 g/mol. The molecule has 1 aliphatic carbocycles. The molecule has 1 saturated carbocycles. The first kappa shape index (κ1) is 10.5. The molecule has 0 radical (unpaired) electrons. The first-order chi connectivity index (χ1) is 6.41. The number of rotatable bonds is 1. The maximum atomic E-state index is 2.81. The predicted molar refractivity (Wildman–Crippen MR) is 61.3 cm³/mol. The number of hydrogen-bond donors (Lipinski definition) is 0. The Morgan fingerprint density at radius 1 is 1.14 bits per heavy atom. The molecule has 1 nitrogen and oxygen atoms in total. The highest BCUT2D eigenvalue weighted by Crippen LogP contribution is 2.48. The van der Waals surface area contributed by atoms with E-state index >= 15 is 0 Å². The zero-order chi connectivity index (χ0) is 10.5. The highest BCUT2D eigenvalue weighted by atomic mass is 15.3. The Labute approximate surface area is 88.9 Å². The summed E-state index contributed by atoms with van der Waals surface area (Å²) < 4.78 is 0. The quantitative estimate of drug-likeness (QED) is 0.620. The van der Waals surface area contributed by atoms with E-state index in [1.807, 2.05) is 0 Å². The Hall–Kier alpha value is -0.0400. The van der Waals surface area contributed by atoms with Crippen LogP contribution in [0.3, 0.4) is 0 Å². The SMILES string of the molecule is CC(C)C1[C@H]2CC[C@H](C2)N1C(C)(C)C. The lowest BCUT2D eigenvalue weighted by Gasteiger charge is -2.46. The number of likely N-dealkylation sites (tertiary alicyclic amines) is 1. The van der Waals surface area contributed by atoms with Crippen molar-refractivity contribution in [3.8, 4) is 0 Å². The fourth-order valence-corrected chi connectivity index (χ4v) is 3.89. The minimum atomic E-state index is 0.370. The Balaban J connectivity index is 2.22. The molecule has 0 aromatic carbocycles. The Bertz CT molecular complexity index is 214. The molecule has 14 heavy (non-hydrogen) atoms. The molecule has 82 valence electrons. The minimum Gasteiger partial charge on any atom is -0.292 e. The van der Waals surface area contributed by atoms with Gasteiger partial charge in [-0.3, -0.25) is 4.90 Å². The van der Waals surface area contributed by atoms with Crippen LogP contribution in [0.25, 0.3) is 0 Å². The molecule has 1 unspecified atom stereocenters. The van der Waals surface area contributed by atoms with Gasteiger partial charge in [-0.1, -0.05) is 13.8 Å². The summed E-state index contributed by atoms with van der Waals surface area (Å²) in [6.45, 7) is 11.9. The molecule has 1 heterocycles. The van der Waals surface area contributed by atoms with E-state index in [0.29, 0.717) is 5.54 Å². The predicted octanol–water partition coefficient (Wildman–Crippen LogP) is 3.29. The average molecular weight is 195 g/mol. The van der Waals surface area contributed by atoms with Gasteiger partial charge < -0.3 is 0 Å². The summed E-state index contributed by atoms with van der Waals surface area (Å²) in [5.74, 6) is 1.82. The zero-order valence-electron chi connectivity index (χ0n) is 10.4. The lowest BCUT2D eigenvalue weighted by Crippen LogP contribution is -2.53. The van der Waals surface area contributed by atoms with Gasteiger partial charge in [-0.25, -0.2) is 0 Å². The number of nitrogens with zero attached hydrogens (tertiary/aromatic N) is 1. The van der Waals surface area contributed by atoms with Crippen LogP contribution in [0, 0.1) is 11.8 Å². The molecule has 2 aliphatic rings. The van der Waals surface area contributed by atoms with Gasteiger partial charge in [0.2, 0.25) is 0 Å². The van der Waals surface area contributed by atoms with Crippen LogP contribution < -0.4 is 0 Å². The fourth-order valence-electron chi connectivity index (χ4n) is 3.89. The molecule has 0 N–H and O–H groups in total. The first-order valence-corrected chi connectivity index (χ1v) is 6.19. The Morgan fingerprint density at radius 2 is 1.79 bits per heavy atom. The van der Waals surface area contributed by atoms with Crippen molar-refractivity contribution in [2.75, 3.05) is 0 Å². The van der Waals surface area contributed by atoms with Crippen molar-refractivity contribution in [1.82, 2.24) is 4.90 Å².